The van der Waals surface area contributed by atoms with Crippen molar-refractivity contribution in [2.75, 3.05) is 26.0 Å². The van der Waals surface area contributed by atoms with Crippen LogP contribution in [0.2, 0.25) is 0 Å². The van der Waals surface area contributed by atoms with E-state index in [0.717, 1.165) is 29.6 Å². The first kappa shape index (κ1) is 14.9. The van der Waals surface area contributed by atoms with E-state index < -0.39 is 0 Å². The number of amides is 1. The summed E-state index contributed by atoms with van der Waals surface area (Å²) < 4.78 is 0. The van der Waals surface area contributed by atoms with Crippen molar-refractivity contribution in [1.29, 1.82) is 0 Å². The Morgan fingerprint density at radius 2 is 1.95 bits per heavy atom. The number of benzene rings is 1. The Bertz CT molecular complexity index is 439. The summed E-state index contributed by atoms with van der Waals surface area (Å²) in [5.74, 6) is 1.72. The van der Waals surface area contributed by atoms with Crippen LogP contribution < -0.4 is 5.32 Å². The van der Waals surface area contributed by atoms with Crippen LogP contribution in [-0.4, -0.2) is 31.4 Å². The lowest BCUT2D eigenvalue weighted by atomic mass is 9.82. The van der Waals surface area contributed by atoms with Crippen molar-refractivity contribution in [3.05, 3.63) is 29.8 Å². The van der Waals surface area contributed by atoms with Crippen molar-refractivity contribution in [2.24, 2.45) is 11.8 Å². The van der Waals surface area contributed by atoms with Crippen LogP contribution in [0.15, 0.2) is 24.3 Å². The molecule has 0 heterocycles. The van der Waals surface area contributed by atoms with Crippen molar-refractivity contribution >= 4 is 11.6 Å². The Morgan fingerprint density at radius 1 is 1.25 bits per heavy atom. The fourth-order valence-electron chi connectivity index (χ4n) is 3.00. The second-order valence-corrected chi connectivity index (χ2v) is 6.30. The van der Waals surface area contributed by atoms with Gasteiger partial charge in [0.25, 0.3) is 5.91 Å². The van der Waals surface area contributed by atoms with Crippen molar-refractivity contribution in [3.63, 3.8) is 0 Å². The van der Waals surface area contributed by atoms with E-state index in [9.17, 15) is 4.79 Å². The fourth-order valence-corrected chi connectivity index (χ4v) is 3.00. The van der Waals surface area contributed by atoms with Gasteiger partial charge >= 0.3 is 0 Å². The molecule has 0 spiro atoms. The Kier molecular flexibility index (Phi) is 5.05. The first-order valence-electron chi connectivity index (χ1n) is 7.62. The van der Waals surface area contributed by atoms with Gasteiger partial charge in [-0.2, -0.15) is 0 Å². The third kappa shape index (κ3) is 3.99. The van der Waals surface area contributed by atoms with E-state index in [-0.39, 0.29) is 5.91 Å². The molecular weight excluding hydrogens is 248 g/mol. The molecule has 2 unspecified atom stereocenters. The number of rotatable bonds is 4. The van der Waals surface area contributed by atoms with Crippen molar-refractivity contribution in [1.82, 2.24) is 4.90 Å². The first-order valence-corrected chi connectivity index (χ1v) is 7.62. The first-order chi connectivity index (χ1) is 9.56. The molecule has 3 nitrogen and oxygen atoms in total. The zero-order chi connectivity index (χ0) is 14.5. The largest absolute Gasteiger partial charge is 0.385 e. The number of hydrogen-bond acceptors (Lipinski definition) is 2. The van der Waals surface area contributed by atoms with Gasteiger partial charge in [-0.05, 0) is 48.9 Å². The number of carbonyl (C=O) groups is 1. The summed E-state index contributed by atoms with van der Waals surface area (Å²) >= 11 is 0. The highest BCUT2D eigenvalue weighted by Crippen LogP contribution is 2.28. The van der Waals surface area contributed by atoms with Gasteiger partial charge in [-0.15, -0.1) is 0 Å². The molecule has 0 aliphatic heterocycles. The maximum Gasteiger partial charge on any atom is 0.253 e. The van der Waals surface area contributed by atoms with E-state index in [1.165, 1.54) is 25.7 Å². The summed E-state index contributed by atoms with van der Waals surface area (Å²) in [5.41, 5.74) is 1.85. The molecule has 2 rings (SSSR count). The zero-order valence-electron chi connectivity index (χ0n) is 12.9. The Morgan fingerprint density at radius 3 is 2.55 bits per heavy atom. The summed E-state index contributed by atoms with van der Waals surface area (Å²) in [6.07, 6.45) is 5.43. The highest BCUT2D eigenvalue weighted by molar-refractivity contribution is 5.94. The molecule has 1 aromatic carbocycles. The van der Waals surface area contributed by atoms with Gasteiger partial charge in [0.05, 0.1) is 0 Å². The molecule has 110 valence electrons. The minimum Gasteiger partial charge on any atom is -0.385 e. The van der Waals surface area contributed by atoms with E-state index in [2.05, 4.69) is 12.2 Å². The number of nitrogens with zero attached hydrogens (tertiary/aromatic N) is 1. The summed E-state index contributed by atoms with van der Waals surface area (Å²) in [6, 6.07) is 7.80. The van der Waals surface area contributed by atoms with Crippen LogP contribution in [-0.2, 0) is 0 Å². The predicted octanol–water partition coefficient (Wildman–Crippen LogP) is 3.63. The van der Waals surface area contributed by atoms with Crippen molar-refractivity contribution in [3.8, 4) is 0 Å². The number of anilines is 1. The highest BCUT2D eigenvalue weighted by atomic mass is 16.2. The quantitative estimate of drug-likeness (QED) is 0.909. The highest BCUT2D eigenvalue weighted by Gasteiger charge is 2.18. The summed E-state index contributed by atoms with van der Waals surface area (Å²) in [7, 11) is 3.55. The maximum absolute atomic E-state index is 11.8. The van der Waals surface area contributed by atoms with Gasteiger partial charge in [0.15, 0.2) is 0 Å². The van der Waals surface area contributed by atoms with Crippen LogP contribution in [0.3, 0.4) is 0 Å². The van der Waals surface area contributed by atoms with Gasteiger partial charge in [-0.1, -0.05) is 19.8 Å². The molecule has 1 aromatic rings. The van der Waals surface area contributed by atoms with E-state index in [1.54, 1.807) is 19.0 Å². The molecule has 1 N–H and O–H groups in total. The maximum atomic E-state index is 11.8. The van der Waals surface area contributed by atoms with Gasteiger partial charge in [-0.3, -0.25) is 4.79 Å². The lowest BCUT2D eigenvalue weighted by Crippen LogP contribution is -2.22. The minimum absolute atomic E-state index is 0.0534. The standard InChI is InChI=1S/C17H26N2O/c1-13-5-4-6-14(11-13)12-18-16-9-7-15(8-10-16)17(20)19(2)3/h7-10,13-14,18H,4-6,11-12H2,1-3H3. The van der Waals surface area contributed by atoms with Crippen LogP contribution in [0.4, 0.5) is 5.69 Å². The average molecular weight is 274 g/mol. The van der Waals surface area contributed by atoms with Gasteiger partial charge in [0.1, 0.15) is 0 Å². The van der Waals surface area contributed by atoms with Crippen LogP contribution in [0.5, 0.6) is 0 Å². The molecule has 2 atom stereocenters. The van der Waals surface area contributed by atoms with Crippen molar-refractivity contribution in [2.45, 2.75) is 32.6 Å². The molecule has 1 aliphatic rings. The second kappa shape index (κ2) is 6.78. The molecule has 0 saturated heterocycles. The molecule has 0 bridgehead atoms. The molecule has 1 saturated carbocycles. The lowest BCUT2D eigenvalue weighted by Gasteiger charge is -2.27. The van der Waals surface area contributed by atoms with Crippen LogP contribution in [0.1, 0.15) is 43.0 Å². The molecule has 0 aromatic heterocycles. The SMILES string of the molecule is CC1CCCC(CNc2ccc(C(=O)N(C)C)cc2)C1. The monoisotopic (exact) mass is 274 g/mol. The van der Waals surface area contributed by atoms with Crippen molar-refractivity contribution < 1.29 is 4.79 Å². The zero-order valence-corrected chi connectivity index (χ0v) is 12.9. The fraction of sp³-hybridized carbons (Fsp3) is 0.588. The third-order valence-corrected chi connectivity index (χ3v) is 4.18. The molecule has 3 heteroatoms. The summed E-state index contributed by atoms with van der Waals surface area (Å²) in [4.78, 5) is 13.4. The van der Waals surface area contributed by atoms with Gasteiger partial charge < -0.3 is 10.2 Å². The normalized spacial score (nSPS) is 22.4. The van der Waals surface area contributed by atoms with Crippen LogP contribution in [0, 0.1) is 11.8 Å². The molecular formula is C17H26N2O. The minimum atomic E-state index is 0.0534. The summed E-state index contributed by atoms with van der Waals surface area (Å²) in [6.45, 7) is 3.40. The average Bonchev–Trinajstić information content (AvgIpc) is 2.45. The number of hydrogen-bond donors (Lipinski definition) is 1. The third-order valence-electron chi connectivity index (χ3n) is 4.18. The van der Waals surface area contributed by atoms with E-state index in [1.807, 2.05) is 24.3 Å². The lowest BCUT2D eigenvalue weighted by molar-refractivity contribution is 0.0827. The topological polar surface area (TPSA) is 32.3 Å². The van der Waals surface area contributed by atoms with E-state index >= 15 is 0 Å². The number of carbonyl (C=O) groups excluding carboxylic acids is 1. The van der Waals surface area contributed by atoms with Gasteiger partial charge in [-0.25, -0.2) is 0 Å². The Hall–Kier alpha value is -1.51. The second-order valence-electron chi connectivity index (χ2n) is 6.30. The molecule has 1 fully saturated rings. The van der Waals surface area contributed by atoms with Gasteiger partial charge in [0, 0.05) is 31.9 Å². The van der Waals surface area contributed by atoms with E-state index in [0.29, 0.717) is 0 Å². The Labute approximate surface area is 122 Å². The molecule has 1 aliphatic carbocycles. The van der Waals surface area contributed by atoms with E-state index in [4.69, 9.17) is 0 Å². The number of nitrogens with one attached hydrogen (secondary N) is 1. The Balaban J connectivity index is 1.86. The van der Waals surface area contributed by atoms with Crippen LogP contribution in [0.25, 0.3) is 0 Å². The molecule has 20 heavy (non-hydrogen) atoms. The molecule has 1 amide bonds. The molecule has 0 radical (unpaired) electrons. The smallest absolute Gasteiger partial charge is 0.253 e. The van der Waals surface area contributed by atoms with Gasteiger partial charge in [0.2, 0.25) is 0 Å². The van der Waals surface area contributed by atoms with Crippen LogP contribution >= 0.6 is 0 Å². The summed E-state index contributed by atoms with van der Waals surface area (Å²) in [5, 5.41) is 3.51. The predicted molar refractivity (Wildman–Crippen MR) is 84.1 cm³/mol.